The lowest BCUT2D eigenvalue weighted by atomic mass is 9.83. The molecule has 2 unspecified atom stereocenters. The van der Waals surface area contributed by atoms with Gasteiger partial charge in [0.05, 0.1) is 28.4 Å². The van der Waals surface area contributed by atoms with E-state index in [4.69, 9.17) is 20.3 Å². The Balaban J connectivity index is 1.69. The average Bonchev–Trinajstić information content (AvgIpc) is 3.52. The summed E-state index contributed by atoms with van der Waals surface area (Å²) < 4.78 is 15.6. The first-order chi connectivity index (χ1) is 15.4. The zero-order chi connectivity index (χ0) is 22.5. The fourth-order valence-electron chi connectivity index (χ4n) is 4.35. The van der Waals surface area contributed by atoms with Gasteiger partial charge in [0.25, 0.3) is 0 Å². The molecule has 164 valence electrons. The molecule has 1 aromatic carbocycles. The lowest BCUT2D eigenvalue weighted by Gasteiger charge is -2.28. The molecule has 0 amide bonds. The van der Waals surface area contributed by atoms with Crippen LogP contribution in [0.5, 0.6) is 5.88 Å². The zero-order valence-electron chi connectivity index (χ0n) is 18.3. The van der Waals surface area contributed by atoms with Crippen LogP contribution in [0.15, 0.2) is 48.4 Å². The van der Waals surface area contributed by atoms with Gasteiger partial charge in [-0.05, 0) is 51.3 Å². The molecular weight excluding hydrogens is 406 g/mol. The third-order valence-electron chi connectivity index (χ3n) is 5.86. The number of nitrogens with zero attached hydrogens (tertiary/aromatic N) is 6. The summed E-state index contributed by atoms with van der Waals surface area (Å²) in [6.45, 7) is 6.88. The van der Waals surface area contributed by atoms with Gasteiger partial charge in [0.1, 0.15) is 30.4 Å². The molecule has 32 heavy (non-hydrogen) atoms. The van der Waals surface area contributed by atoms with E-state index in [1.54, 1.807) is 11.0 Å². The van der Waals surface area contributed by atoms with Crippen LogP contribution in [0.1, 0.15) is 62.5 Å². The molecule has 0 aliphatic carbocycles. The lowest BCUT2D eigenvalue weighted by Crippen LogP contribution is -2.27. The summed E-state index contributed by atoms with van der Waals surface area (Å²) in [6.07, 6.45) is 4.86. The van der Waals surface area contributed by atoms with E-state index in [-0.39, 0.29) is 17.5 Å². The number of ether oxygens (including phenoxy) is 2. The van der Waals surface area contributed by atoms with Crippen molar-refractivity contribution in [1.29, 1.82) is 5.26 Å². The molecule has 0 radical (unpaired) electrons. The van der Waals surface area contributed by atoms with Gasteiger partial charge < -0.3 is 15.2 Å². The Hall–Kier alpha value is -3.64. The van der Waals surface area contributed by atoms with Gasteiger partial charge in [-0.2, -0.15) is 15.5 Å². The van der Waals surface area contributed by atoms with Crippen LogP contribution in [-0.4, -0.2) is 31.2 Å². The summed E-state index contributed by atoms with van der Waals surface area (Å²) in [4.78, 5) is 4.00. The van der Waals surface area contributed by atoms with Crippen molar-refractivity contribution < 1.29 is 9.47 Å². The summed E-state index contributed by atoms with van der Waals surface area (Å²) in [5.74, 6) is 0.281. The highest BCUT2D eigenvalue weighted by Gasteiger charge is 2.41. The third kappa shape index (κ3) is 3.24. The molecule has 5 rings (SSSR count). The Morgan fingerprint density at radius 1 is 1.22 bits per heavy atom. The van der Waals surface area contributed by atoms with E-state index in [2.05, 4.69) is 36.9 Å². The van der Waals surface area contributed by atoms with Crippen molar-refractivity contribution in [2.24, 2.45) is 5.73 Å². The molecule has 2 N–H and O–H groups in total. The smallest absolute Gasteiger partial charge is 0.224 e. The van der Waals surface area contributed by atoms with E-state index < -0.39 is 5.92 Å². The summed E-state index contributed by atoms with van der Waals surface area (Å²) in [5.41, 5.74) is 9.75. The lowest BCUT2D eigenvalue weighted by molar-refractivity contribution is 0.106. The first kappa shape index (κ1) is 20.3. The van der Waals surface area contributed by atoms with E-state index in [1.165, 1.54) is 6.33 Å². The second-order valence-corrected chi connectivity index (χ2v) is 9.04. The van der Waals surface area contributed by atoms with Crippen LogP contribution in [0, 0.1) is 11.3 Å². The van der Waals surface area contributed by atoms with Crippen LogP contribution in [0.3, 0.4) is 0 Å². The molecule has 2 aliphatic rings. The van der Waals surface area contributed by atoms with Crippen LogP contribution < -0.4 is 10.5 Å². The van der Waals surface area contributed by atoms with Crippen LogP contribution in [0.25, 0.3) is 5.69 Å². The number of benzene rings is 1. The number of fused-ring (bicyclic) bond motifs is 1. The molecule has 0 spiro atoms. The minimum absolute atomic E-state index is 0.106. The van der Waals surface area contributed by atoms with E-state index in [9.17, 15) is 5.26 Å². The number of allylic oxidation sites excluding steroid dienone is 1. The maximum Gasteiger partial charge on any atom is 0.224 e. The average molecular weight is 432 g/mol. The Morgan fingerprint density at radius 3 is 2.59 bits per heavy atom. The molecule has 2 atom stereocenters. The zero-order valence-corrected chi connectivity index (χ0v) is 18.3. The minimum Gasteiger partial charge on any atom is -0.422 e. The van der Waals surface area contributed by atoms with E-state index in [0.29, 0.717) is 18.1 Å². The molecule has 1 fully saturated rings. The normalized spacial score (nSPS) is 20.7. The third-order valence-corrected chi connectivity index (χ3v) is 5.86. The SMILES string of the molecule is CC(C)(C)n1nc(C2CCCO2)c2c1OC(N)=C(C#N)C2c1ccc(-n2cncn2)cc1. The van der Waals surface area contributed by atoms with E-state index >= 15 is 0 Å². The quantitative estimate of drug-likeness (QED) is 0.676. The molecule has 2 aliphatic heterocycles. The molecule has 2 aromatic heterocycles. The number of nitriles is 1. The number of aromatic nitrogens is 5. The fraction of sp³-hybridized carbons (Fsp3) is 0.391. The van der Waals surface area contributed by atoms with Gasteiger partial charge in [-0.1, -0.05) is 12.1 Å². The van der Waals surface area contributed by atoms with Gasteiger partial charge in [-0.3, -0.25) is 0 Å². The molecular formula is C23H25N7O2. The number of rotatable bonds is 3. The van der Waals surface area contributed by atoms with Crippen molar-refractivity contribution in [3.63, 3.8) is 0 Å². The standard InChI is InChI=1S/C23H25N7O2/c1-23(2,3)30-22-19(20(28-30)17-5-4-10-31-17)18(16(11-24)21(25)32-22)14-6-8-15(9-7-14)29-13-26-12-27-29/h6-9,12-13,17-18H,4-5,10,25H2,1-3H3. The van der Waals surface area contributed by atoms with Crippen molar-refractivity contribution in [1.82, 2.24) is 24.5 Å². The first-order valence-electron chi connectivity index (χ1n) is 10.7. The topological polar surface area (TPSA) is 117 Å². The van der Waals surface area contributed by atoms with Gasteiger partial charge in [-0.25, -0.2) is 14.3 Å². The molecule has 9 nitrogen and oxygen atoms in total. The maximum absolute atomic E-state index is 10.00. The monoisotopic (exact) mass is 431 g/mol. The number of hydrogen-bond donors (Lipinski definition) is 1. The number of nitrogens with two attached hydrogens (primary N) is 1. The van der Waals surface area contributed by atoms with Crippen molar-refractivity contribution in [3.8, 4) is 17.6 Å². The molecule has 9 heteroatoms. The molecule has 0 saturated carbocycles. The van der Waals surface area contributed by atoms with Gasteiger partial charge in [0, 0.05) is 6.61 Å². The van der Waals surface area contributed by atoms with Crippen molar-refractivity contribution in [2.45, 2.75) is 51.2 Å². The van der Waals surface area contributed by atoms with Crippen molar-refractivity contribution in [3.05, 3.63) is 65.2 Å². The van der Waals surface area contributed by atoms with Crippen molar-refractivity contribution in [2.75, 3.05) is 6.61 Å². The van der Waals surface area contributed by atoms with E-state index in [1.807, 2.05) is 28.9 Å². The van der Waals surface area contributed by atoms with Crippen LogP contribution >= 0.6 is 0 Å². The molecule has 0 bridgehead atoms. The second kappa shape index (κ2) is 7.50. The summed E-state index contributed by atoms with van der Waals surface area (Å²) in [6, 6.07) is 10.1. The summed E-state index contributed by atoms with van der Waals surface area (Å²) in [5, 5.41) is 19.1. The predicted molar refractivity (Wildman–Crippen MR) is 116 cm³/mol. The second-order valence-electron chi connectivity index (χ2n) is 9.04. The molecule has 3 aromatic rings. The Bertz CT molecular complexity index is 1210. The summed E-state index contributed by atoms with van der Waals surface area (Å²) in [7, 11) is 0. The highest BCUT2D eigenvalue weighted by atomic mass is 16.5. The Labute approximate surface area is 186 Å². The van der Waals surface area contributed by atoms with Gasteiger partial charge >= 0.3 is 0 Å². The maximum atomic E-state index is 10.00. The predicted octanol–water partition coefficient (Wildman–Crippen LogP) is 3.29. The highest BCUT2D eigenvalue weighted by molar-refractivity contribution is 5.57. The van der Waals surface area contributed by atoms with E-state index in [0.717, 1.165) is 35.3 Å². The van der Waals surface area contributed by atoms with Gasteiger partial charge in [0.15, 0.2) is 0 Å². The largest absolute Gasteiger partial charge is 0.422 e. The van der Waals surface area contributed by atoms with Crippen LogP contribution in [0.4, 0.5) is 0 Å². The van der Waals surface area contributed by atoms with Gasteiger partial charge in [0.2, 0.25) is 11.8 Å². The molecule has 1 saturated heterocycles. The minimum atomic E-state index is -0.399. The Kier molecular flexibility index (Phi) is 4.75. The van der Waals surface area contributed by atoms with Crippen molar-refractivity contribution >= 4 is 0 Å². The Morgan fingerprint density at radius 2 is 2.00 bits per heavy atom. The van der Waals surface area contributed by atoms with Gasteiger partial charge in [-0.15, -0.1) is 0 Å². The number of hydrogen-bond acceptors (Lipinski definition) is 7. The molecule has 4 heterocycles. The summed E-state index contributed by atoms with van der Waals surface area (Å²) >= 11 is 0. The van der Waals surface area contributed by atoms with Crippen LogP contribution in [-0.2, 0) is 10.3 Å². The highest BCUT2D eigenvalue weighted by Crippen LogP contribution is 2.48. The van der Waals surface area contributed by atoms with Crippen LogP contribution in [0.2, 0.25) is 0 Å². The first-order valence-corrected chi connectivity index (χ1v) is 10.7. The fourth-order valence-corrected chi connectivity index (χ4v) is 4.35.